The molecule has 0 aromatic carbocycles. The van der Waals surface area contributed by atoms with Crippen LogP contribution in [0.2, 0.25) is 0 Å². The van der Waals surface area contributed by atoms with E-state index in [1.54, 1.807) is 0 Å². The Kier molecular flexibility index (Phi) is 1.57. The molecule has 0 saturated carbocycles. The summed E-state index contributed by atoms with van der Waals surface area (Å²) in [6.07, 6.45) is 5.62. The van der Waals surface area contributed by atoms with E-state index in [0.717, 1.165) is 24.1 Å². The SMILES string of the molecule is CCC1=CCc2c(N)ncnc21. The third-order valence-electron chi connectivity index (χ3n) is 2.22. The van der Waals surface area contributed by atoms with Crippen LogP contribution in [0.25, 0.3) is 5.57 Å². The summed E-state index contributed by atoms with van der Waals surface area (Å²) >= 11 is 0. The number of nitrogens with zero attached hydrogens (tertiary/aromatic N) is 2. The highest BCUT2D eigenvalue weighted by atomic mass is 14.9. The van der Waals surface area contributed by atoms with Crippen LogP contribution in [-0.2, 0) is 6.42 Å². The Morgan fingerprint density at radius 3 is 3.08 bits per heavy atom. The van der Waals surface area contributed by atoms with Crippen molar-refractivity contribution in [3.63, 3.8) is 0 Å². The normalized spacial score (nSPS) is 14.2. The fourth-order valence-electron chi connectivity index (χ4n) is 1.54. The number of fused-ring (bicyclic) bond motifs is 1. The largest absolute Gasteiger partial charge is 0.383 e. The van der Waals surface area contributed by atoms with Crippen LogP contribution in [0.3, 0.4) is 0 Å². The monoisotopic (exact) mass is 161 g/mol. The molecule has 1 aliphatic carbocycles. The van der Waals surface area contributed by atoms with E-state index in [2.05, 4.69) is 23.0 Å². The number of anilines is 1. The molecule has 2 N–H and O–H groups in total. The average molecular weight is 161 g/mol. The molecule has 2 rings (SSSR count). The van der Waals surface area contributed by atoms with Crippen LogP contribution in [-0.4, -0.2) is 9.97 Å². The maximum Gasteiger partial charge on any atom is 0.130 e. The number of allylic oxidation sites excluding steroid dienone is 2. The van der Waals surface area contributed by atoms with Crippen LogP contribution in [0, 0.1) is 0 Å². The molecule has 1 heterocycles. The van der Waals surface area contributed by atoms with Crippen molar-refractivity contribution in [3.05, 3.63) is 23.7 Å². The quantitative estimate of drug-likeness (QED) is 0.677. The van der Waals surface area contributed by atoms with Gasteiger partial charge in [0.2, 0.25) is 0 Å². The zero-order valence-electron chi connectivity index (χ0n) is 7.04. The topological polar surface area (TPSA) is 51.8 Å². The minimum atomic E-state index is 0.625. The summed E-state index contributed by atoms with van der Waals surface area (Å²) in [6.45, 7) is 2.12. The lowest BCUT2D eigenvalue weighted by Gasteiger charge is -2.02. The van der Waals surface area contributed by atoms with Gasteiger partial charge in [-0.1, -0.05) is 13.0 Å². The minimum absolute atomic E-state index is 0.625. The van der Waals surface area contributed by atoms with Crippen LogP contribution in [0.15, 0.2) is 12.4 Å². The molecule has 1 aliphatic rings. The number of hydrogen-bond donors (Lipinski definition) is 1. The van der Waals surface area contributed by atoms with Crippen LogP contribution in [0.4, 0.5) is 5.82 Å². The van der Waals surface area contributed by atoms with Crippen molar-refractivity contribution in [1.82, 2.24) is 9.97 Å². The van der Waals surface area contributed by atoms with Gasteiger partial charge in [-0.3, -0.25) is 0 Å². The molecule has 0 fully saturated rings. The van der Waals surface area contributed by atoms with Gasteiger partial charge in [0.15, 0.2) is 0 Å². The molecule has 12 heavy (non-hydrogen) atoms. The summed E-state index contributed by atoms with van der Waals surface area (Å²) in [5.74, 6) is 0.625. The van der Waals surface area contributed by atoms with Gasteiger partial charge in [0.25, 0.3) is 0 Å². The van der Waals surface area contributed by atoms with Crippen molar-refractivity contribution in [3.8, 4) is 0 Å². The summed E-state index contributed by atoms with van der Waals surface area (Å²) in [7, 11) is 0. The second-order valence-corrected chi connectivity index (χ2v) is 2.87. The second kappa shape index (κ2) is 2.59. The Labute approximate surface area is 71.3 Å². The van der Waals surface area contributed by atoms with Gasteiger partial charge in [-0.05, 0) is 18.4 Å². The molecule has 1 aromatic heterocycles. The summed E-state index contributed by atoms with van der Waals surface area (Å²) in [4.78, 5) is 8.17. The van der Waals surface area contributed by atoms with E-state index in [1.807, 2.05) is 0 Å². The first-order valence-corrected chi connectivity index (χ1v) is 4.11. The molecule has 3 heteroatoms. The Morgan fingerprint density at radius 2 is 2.33 bits per heavy atom. The molecule has 0 unspecified atom stereocenters. The average Bonchev–Trinajstić information content (AvgIpc) is 2.49. The van der Waals surface area contributed by atoms with Gasteiger partial charge in [0, 0.05) is 5.56 Å². The van der Waals surface area contributed by atoms with Crippen molar-refractivity contribution in [1.29, 1.82) is 0 Å². The summed E-state index contributed by atoms with van der Waals surface area (Å²) < 4.78 is 0. The fourth-order valence-corrected chi connectivity index (χ4v) is 1.54. The molecule has 0 aliphatic heterocycles. The molecule has 0 radical (unpaired) electrons. The third kappa shape index (κ3) is 0.897. The first-order valence-electron chi connectivity index (χ1n) is 4.11. The van der Waals surface area contributed by atoms with Crippen molar-refractivity contribution in [2.45, 2.75) is 19.8 Å². The van der Waals surface area contributed by atoms with Gasteiger partial charge in [0.05, 0.1) is 5.69 Å². The van der Waals surface area contributed by atoms with Crippen molar-refractivity contribution >= 4 is 11.4 Å². The van der Waals surface area contributed by atoms with Crippen molar-refractivity contribution in [2.24, 2.45) is 0 Å². The number of nitrogen functional groups attached to an aromatic ring is 1. The maximum absolute atomic E-state index is 5.70. The molecular formula is C9H11N3. The molecule has 0 amide bonds. The van der Waals surface area contributed by atoms with Gasteiger partial charge in [-0.25, -0.2) is 9.97 Å². The van der Waals surface area contributed by atoms with E-state index in [-0.39, 0.29) is 0 Å². The number of nitrogens with two attached hydrogens (primary N) is 1. The van der Waals surface area contributed by atoms with E-state index < -0.39 is 0 Å². The molecule has 1 aromatic rings. The highest BCUT2D eigenvalue weighted by molar-refractivity contribution is 5.73. The van der Waals surface area contributed by atoms with Crippen LogP contribution < -0.4 is 5.73 Å². The highest BCUT2D eigenvalue weighted by Gasteiger charge is 2.16. The summed E-state index contributed by atoms with van der Waals surface area (Å²) in [5.41, 5.74) is 9.13. The first-order chi connectivity index (χ1) is 5.83. The lowest BCUT2D eigenvalue weighted by molar-refractivity contribution is 1.09. The Hall–Kier alpha value is -1.38. The number of hydrogen-bond acceptors (Lipinski definition) is 3. The van der Waals surface area contributed by atoms with Gasteiger partial charge < -0.3 is 5.73 Å². The number of aromatic nitrogens is 2. The van der Waals surface area contributed by atoms with E-state index >= 15 is 0 Å². The highest BCUT2D eigenvalue weighted by Crippen LogP contribution is 2.29. The summed E-state index contributed by atoms with van der Waals surface area (Å²) in [5, 5.41) is 0. The lowest BCUT2D eigenvalue weighted by Crippen LogP contribution is -1.99. The zero-order valence-corrected chi connectivity index (χ0v) is 7.04. The number of rotatable bonds is 1. The lowest BCUT2D eigenvalue weighted by atomic mass is 10.1. The predicted octanol–water partition coefficient (Wildman–Crippen LogP) is 1.41. The molecule has 0 bridgehead atoms. The van der Waals surface area contributed by atoms with Crippen molar-refractivity contribution in [2.75, 3.05) is 5.73 Å². The van der Waals surface area contributed by atoms with Gasteiger partial charge in [-0.15, -0.1) is 0 Å². The van der Waals surface area contributed by atoms with E-state index in [4.69, 9.17) is 5.73 Å². The molecule has 62 valence electrons. The maximum atomic E-state index is 5.70. The first kappa shape index (κ1) is 7.28. The Balaban J connectivity index is 2.53. The van der Waals surface area contributed by atoms with Crippen LogP contribution >= 0.6 is 0 Å². The Bertz CT molecular complexity index is 342. The molecule has 3 nitrogen and oxygen atoms in total. The van der Waals surface area contributed by atoms with Gasteiger partial charge >= 0.3 is 0 Å². The fraction of sp³-hybridized carbons (Fsp3) is 0.333. The molecule has 0 saturated heterocycles. The standard InChI is InChI=1S/C9H11N3/c1-2-6-3-4-7-8(6)11-5-12-9(7)10/h3,5H,2,4H2,1H3,(H2,10,11,12). The smallest absolute Gasteiger partial charge is 0.130 e. The van der Waals surface area contributed by atoms with Gasteiger partial charge in [0.1, 0.15) is 12.1 Å². The van der Waals surface area contributed by atoms with E-state index in [1.165, 1.54) is 11.9 Å². The minimum Gasteiger partial charge on any atom is -0.383 e. The molecular weight excluding hydrogens is 150 g/mol. The van der Waals surface area contributed by atoms with E-state index in [0.29, 0.717) is 5.82 Å². The summed E-state index contributed by atoms with van der Waals surface area (Å²) in [6, 6.07) is 0. The van der Waals surface area contributed by atoms with Gasteiger partial charge in [-0.2, -0.15) is 0 Å². The van der Waals surface area contributed by atoms with Crippen molar-refractivity contribution < 1.29 is 0 Å². The second-order valence-electron chi connectivity index (χ2n) is 2.87. The predicted molar refractivity (Wildman–Crippen MR) is 48.4 cm³/mol. The Morgan fingerprint density at radius 1 is 1.50 bits per heavy atom. The van der Waals surface area contributed by atoms with E-state index in [9.17, 15) is 0 Å². The molecule has 0 atom stereocenters. The van der Waals surface area contributed by atoms with Crippen LogP contribution in [0.5, 0.6) is 0 Å². The molecule has 0 spiro atoms. The zero-order chi connectivity index (χ0) is 8.55. The van der Waals surface area contributed by atoms with Crippen LogP contribution in [0.1, 0.15) is 24.6 Å². The third-order valence-corrected chi connectivity index (χ3v) is 2.22.